The molecule has 1 aromatic rings. The molecule has 3 nitrogen and oxygen atoms in total. The number of carboxylic acids is 1. The maximum absolute atomic E-state index is 12.5. The Hall–Kier alpha value is -1.29. The van der Waals surface area contributed by atoms with E-state index in [0.29, 0.717) is 6.42 Å². The SMILES string of the molecule is Cc1ccc(C)c2c1SCCC(CC(=O)O)C2=O. The number of hydrogen-bond acceptors (Lipinski definition) is 3. The summed E-state index contributed by atoms with van der Waals surface area (Å²) in [6, 6.07) is 3.96. The van der Waals surface area contributed by atoms with Crippen LogP contribution < -0.4 is 0 Å². The van der Waals surface area contributed by atoms with Gasteiger partial charge < -0.3 is 5.11 Å². The first kappa shape index (κ1) is 13.1. The number of carboxylic acid groups (broad SMARTS) is 1. The summed E-state index contributed by atoms with van der Waals surface area (Å²) in [7, 11) is 0. The highest BCUT2D eigenvalue weighted by molar-refractivity contribution is 7.99. The zero-order valence-corrected chi connectivity index (χ0v) is 11.3. The quantitative estimate of drug-likeness (QED) is 0.892. The van der Waals surface area contributed by atoms with Crippen LogP contribution in [-0.4, -0.2) is 22.6 Å². The minimum atomic E-state index is -0.896. The number of benzene rings is 1. The lowest BCUT2D eigenvalue weighted by Gasteiger charge is -2.13. The van der Waals surface area contributed by atoms with Crippen LogP contribution in [0.15, 0.2) is 17.0 Å². The molecule has 0 spiro atoms. The fourth-order valence-corrected chi connectivity index (χ4v) is 3.63. The second kappa shape index (κ2) is 5.14. The van der Waals surface area contributed by atoms with Crippen LogP contribution in [-0.2, 0) is 4.79 Å². The van der Waals surface area contributed by atoms with Crippen molar-refractivity contribution >= 4 is 23.5 Å². The molecule has 0 radical (unpaired) electrons. The van der Waals surface area contributed by atoms with Gasteiger partial charge in [0, 0.05) is 16.4 Å². The van der Waals surface area contributed by atoms with Gasteiger partial charge in [-0.3, -0.25) is 9.59 Å². The van der Waals surface area contributed by atoms with Crippen LogP contribution in [0.2, 0.25) is 0 Å². The average Bonchev–Trinajstić information content (AvgIpc) is 2.45. The predicted molar refractivity (Wildman–Crippen MR) is 71.3 cm³/mol. The lowest BCUT2D eigenvalue weighted by molar-refractivity contribution is -0.137. The highest BCUT2D eigenvalue weighted by Crippen LogP contribution is 2.36. The molecule has 4 heteroatoms. The molecule has 1 aliphatic heterocycles. The van der Waals surface area contributed by atoms with E-state index < -0.39 is 5.97 Å². The lowest BCUT2D eigenvalue weighted by atomic mass is 9.89. The first-order valence-electron chi connectivity index (χ1n) is 5.99. The minimum absolute atomic E-state index is 0.00130. The third-order valence-electron chi connectivity index (χ3n) is 3.31. The third kappa shape index (κ3) is 2.43. The van der Waals surface area contributed by atoms with Crippen LogP contribution in [0.3, 0.4) is 0 Å². The van der Waals surface area contributed by atoms with Crippen LogP contribution >= 0.6 is 11.8 Å². The highest BCUT2D eigenvalue weighted by atomic mass is 32.2. The Labute approximate surface area is 111 Å². The minimum Gasteiger partial charge on any atom is -0.481 e. The molecule has 1 atom stereocenters. The van der Waals surface area contributed by atoms with Gasteiger partial charge >= 0.3 is 5.97 Å². The lowest BCUT2D eigenvalue weighted by Crippen LogP contribution is -2.19. The fourth-order valence-electron chi connectivity index (χ4n) is 2.32. The fraction of sp³-hybridized carbons (Fsp3) is 0.429. The van der Waals surface area contributed by atoms with Gasteiger partial charge in [0.15, 0.2) is 5.78 Å². The molecule has 0 aliphatic carbocycles. The molecule has 1 aromatic carbocycles. The van der Waals surface area contributed by atoms with E-state index in [-0.39, 0.29) is 18.1 Å². The molecule has 1 aliphatic rings. The first-order valence-corrected chi connectivity index (χ1v) is 6.98. The zero-order valence-electron chi connectivity index (χ0n) is 10.5. The number of ketones is 1. The standard InChI is InChI=1S/C14H16O3S/c1-8-3-4-9(2)14-12(8)13(17)10(5-6-18-14)7-11(15)16/h3-4,10H,5-7H2,1-2H3,(H,15,16). The maximum atomic E-state index is 12.5. The molecule has 2 rings (SSSR count). The zero-order chi connectivity index (χ0) is 13.3. The Morgan fingerprint density at radius 3 is 2.72 bits per heavy atom. The van der Waals surface area contributed by atoms with Crippen LogP contribution in [0.5, 0.6) is 0 Å². The number of hydrogen-bond donors (Lipinski definition) is 1. The van der Waals surface area contributed by atoms with Crippen molar-refractivity contribution in [2.45, 2.75) is 31.6 Å². The number of Topliss-reactive ketones (excluding diaryl/α,β-unsaturated/α-hetero) is 1. The molecule has 1 N–H and O–H groups in total. The summed E-state index contributed by atoms with van der Waals surface area (Å²) in [6.45, 7) is 3.91. The number of aryl methyl sites for hydroxylation is 2. The van der Waals surface area contributed by atoms with Gasteiger partial charge in [-0.2, -0.15) is 0 Å². The number of thioether (sulfide) groups is 1. The normalized spacial score (nSPS) is 19.2. The molecule has 18 heavy (non-hydrogen) atoms. The van der Waals surface area contributed by atoms with Crippen molar-refractivity contribution in [3.8, 4) is 0 Å². The van der Waals surface area contributed by atoms with Gasteiger partial charge in [0.25, 0.3) is 0 Å². The molecule has 1 heterocycles. The molecule has 0 amide bonds. The van der Waals surface area contributed by atoms with Gasteiger partial charge in [-0.25, -0.2) is 0 Å². The summed E-state index contributed by atoms with van der Waals surface area (Å²) in [5.74, 6) is -0.469. The largest absolute Gasteiger partial charge is 0.481 e. The Balaban J connectivity index is 2.46. The molecule has 96 valence electrons. The summed E-state index contributed by atoms with van der Waals surface area (Å²) in [5, 5.41) is 8.89. The van der Waals surface area contributed by atoms with Crippen molar-refractivity contribution in [3.63, 3.8) is 0 Å². The summed E-state index contributed by atoms with van der Waals surface area (Å²) in [4.78, 5) is 24.3. The van der Waals surface area contributed by atoms with Crippen molar-refractivity contribution in [2.24, 2.45) is 5.92 Å². The van der Waals surface area contributed by atoms with Crippen molar-refractivity contribution in [3.05, 3.63) is 28.8 Å². The molecule has 0 fully saturated rings. The van der Waals surface area contributed by atoms with E-state index in [4.69, 9.17) is 5.11 Å². The van der Waals surface area contributed by atoms with E-state index in [1.54, 1.807) is 11.8 Å². The molecular formula is C14H16O3S. The van der Waals surface area contributed by atoms with Gasteiger partial charge in [0.05, 0.1) is 6.42 Å². The van der Waals surface area contributed by atoms with E-state index in [2.05, 4.69) is 0 Å². The average molecular weight is 264 g/mol. The van der Waals surface area contributed by atoms with Gasteiger partial charge in [-0.15, -0.1) is 11.8 Å². The van der Waals surface area contributed by atoms with E-state index in [9.17, 15) is 9.59 Å². The molecule has 1 unspecified atom stereocenters. The van der Waals surface area contributed by atoms with Gasteiger partial charge in [-0.1, -0.05) is 12.1 Å². The molecule has 0 saturated heterocycles. The van der Waals surface area contributed by atoms with E-state index in [1.807, 2.05) is 26.0 Å². The number of aliphatic carboxylic acids is 1. The van der Waals surface area contributed by atoms with Crippen molar-refractivity contribution in [1.82, 2.24) is 0 Å². The summed E-state index contributed by atoms with van der Waals surface area (Å²) in [5.41, 5.74) is 2.79. The van der Waals surface area contributed by atoms with E-state index in [0.717, 1.165) is 27.3 Å². The summed E-state index contributed by atoms with van der Waals surface area (Å²) < 4.78 is 0. The van der Waals surface area contributed by atoms with Gasteiger partial charge in [-0.05, 0) is 37.1 Å². The molecule has 0 aromatic heterocycles. The monoisotopic (exact) mass is 264 g/mol. The van der Waals surface area contributed by atoms with Crippen LogP contribution in [0.25, 0.3) is 0 Å². The molecule has 0 saturated carbocycles. The Morgan fingerprint density at radius 1 is 1.39 bits per heavy atom. The first-order chi connectivity index (χ1) is 8.50. The highest BCUT2D eigenvalue weighted by Gasteiger charge is 2.29. The van der Waals surface area contributed by atoms with Crippen LogP contribution in [0.1, 0.15) is 34.3 Å². The third-order valence-corrected chi connectivity index (χ3v) is 4.57. The Bertz CT molecular complexity index is 508. The number of fused-ring (bicyclic) bond motifs is 1. The van der Waals surface area contributed by atoms with Crippen molar-refractivity contribution in [1.29, 1.82) is 0 Å². The summed E-state index contributed by atoms with van der Waals surface area (Å²) in [6.07, 6.45) is 0.579. The second-order valence-electron chi connectivity index (χ2n) is 4.70. The van der Waals surface area contributed by atoms with E-state index >= 15 is 0 Å². The molecular weight excluding hydrogens is 248 g/mol. The van der Waals surface area contributed by atoms with E-state index in [1.165, 1.54) is 0 Å². The topological polar surface area (TPSA) is 54.4 Å². The smallest absolute Gasteiger partial charge is 0.304 e. The van der Waals surface area contributed by atoms with Crippen LogP contribution in [0, 0.1) is 19.8 Å². The van der Waals surface area contributed by atoms with Crippen molar-refractivity contribution < 1.29 is 14.7 Å². The van der Waals surface area contributed by atoms with Gasteiger partial charge in [0.1, 0.15) is 0 Å². The number of rotatable bonds is 2. The Kier molecular flexibility index (Phi) is 3.76. The molecule has 0 bridgehead atoms. The van der Waals surface area contributed by atoms with Gasteiger partial charge in [0.2, 0.25) is 0 Å². The second-order valence-corrected chi connectivity index (χ2v) is 5.80. The maximum Gasteiger partial charge on any atom is 0.304 e. The Morgan fingerprint density at radius 2 is 2.06 bits per heavy atom. The number of carbonyl (C=O) groups is 2. The van der Waals surface area contributed by atoms with Crippen molar-refractivity contribution in [2.75, 3.05) is 5.75 Å². The predicted octanol–water partition coefficient (Wildman–Crippen LogP) is 3.07. The number of carbonyl (C=O) groups excluding carboxylic acids is 1. The summed E-state index contributed by atoms with van der Waals surface area (Å²) >= 11 is 1.67. The van der Waals surface area contributed by atoms with Crippen LogP contribution in [0.4, 0.5) is 0 Å².